The molecule has 1 aromatic carbocycles. The number of ether oxygens (including phenoxy) is 1. The minimum Gasteiger partial charge on any atom is -0.495 e. The summed E-state index contributed by atoms with van der Waals surface area (Å²) < 4.78 is 5.39. The van der Waals surface area contributed by atoms with Crippen molar-refractivity contribution in [3.05, 3.63) is 41.9 Å². The molecule has 1 amide bonds. The number of nitrogens with one attached hydrogen (secondary N) is 1. The topological polar surface area (TPSA) is 67.4 Å². The second kappa shape index (κ2) is 8.17. The van der Waals surface area contributed by atoms with Gasteiger partial charge in [-0.25, -0.2) is 9.97 Å². The number of carbonyl (C=O) groups excluding carboxylic acids is 1. The number of carbonyl (C=O) groups is 1. The summed E-state index contributed by atoms with van der Waals surface area (Å²) in [6.45, 7) is 4.95. The Labute approximate surface area is 154 Å². The molecule has 138 valence electrons. The zero-order valence-electron chi connectivity index (χ0n) is 15.7. The molecule has 3 rings (SSSR count). The van der Waals surface area contributed by atoms with Crippen LogP contribution in [-0.2, 0) is 0 Å². The van der Waals surface area contributed by atoms with Crippen molar-refractivity contribution < 1.29 is 9.53 Å². The third kappa shape index (κ3) is 3.95. The Balaban J connectivity index is 1.82. The second-order valence-corrected chi connectivity index (χ2v) is 6.67. The van der Waals surface area contributed by atoms with Crippen molar-refractivity contribution in [3.8, 4) is 5.75 Å². The molecule has 1 aromatic heterocycles. The highest BCUT2D eigenvalue weighted by Gasteiger charge is 2.27. The summed E-state index contributed by atoms with van der Waals surface area (Å²) >= 11 is 0. The molecular weight excluding hydrogens is 328 g/mol. The maximum absolute atomic E-state index is 12.9. The quantitative estimate of drug-likeness (QED) is 0.881. The predicted octanol–water partition coefficient (Wildman–Crippen LogP) is 3.94. The molecule has 1 atom stereocenters. The van der Waals surface area contributed by atoms with Gasteiger partial charge < -0.3 is 15.0 Å². The minimum atomic E-state index is -0.0155. The number of benzene rings is 1. The van der Waals surface area contributed by atoms with Crippen molar-refractivity contribution in [1.82, 2.24) is 14.9 Å². The number of anilines is 2. The molecule has 26 heavy (non-hydrogen) atoms. The van der Waals surface area contributed by atoms with Gasteiger partial charge in [-0.2, -0.15) is 0 Å². The third-order valence-electron chi connectivity index (χ3n) is 4.86. The van der Waals surface area contributed by atoms with Gasteiger partial charge in [0.1, 0.15) is 23.6 Å². The van der Waals surface area contributed by atoms with E-state index in [0.29, 0.717) is 17.6 Å². The van der Waals surface area contributed by atoms with E-state index in [1.807, 2.05) is 30.0 Å². The first kappa shape index (κ1) is 18.2. The van der Waals surface area contributed by atoms with Gasteiger partial charge in [0, 0.05) is 18.7 Å². The summed E-state index contributed by atoms with van der Waals surface area (Å²) in [5, 5.41) is 3.24. The molecule has 1 aliphatic heterocycles. The van der Waals surface area contributed by atoms with Crippen LogP contribution in [0.4, 0.5) is 11.5 Å². The number of nitrogens with zero attached hydrogens (tertiary/aromatic N) is 3. The fourth-order valence-corrected chi connectivity index (χ4v) is 3.44. The predicted molar refractivity (Wildman–Crippen MR) is 102 cm³/mol. The van der Waals surface area contributed by atoms with Crippen LogP contribution in [0.1, 0.15) is 48.7 Å². The number of methoxy groups -OCH3 is 1. The first-order valence-electron chi connectivity index (χ1n) is 9.17. The number of aryl methyl sites for hydroxylation is 1. The lowest BCUT2D eigenvalue weighted by molar-refractivity contribution is 0.0602. The summed E-state index contributed by atoms with van der Waals surface area (Å²) in [6, 6.07) is 7.90. The van der Waals surface area contributed by atoms with E-state index < -0.39 is 0 Å². The number of amides is 1. The minimum absolute atomic E-state index is 0.0155. The molecule has 1 fully saturated rings. The fourth-order valence-electron chi connectivity index (χ4n) is 3.44. The van der Waals surface area contributed by atoms with E-state index in [0.717, 1.165) is 42.8 Å². The summed E-state index contributed by atoms with van der Waals surface area (Å²) in [4.78, 5) is 23.4. The van der Waals surface area contributed by atoms with Gasteiger partial charge in [0.05, 0.1) is 12.8 Å². The monoisotopic (exact) mass is 354 g/mol. The van der Waals surface area contributed by atoms with E-state index in [1.54, 1.807) is 13.2 Å². The molecule has 1 N–H and O–H groups in total. The number of aromatic nitrogens is 2. The fraction of sp³-hybridized carbons (Fsp3) is 0.450. The Morgan fingerprint density at radius 3 is 2.92 bits per heavy atom. The van der Waals surface area contributed by atoms with E-state index >= 15 is 0 Å². The van der Waals surface area contributed by atoms with Crippen LogP contribution >= 0.6 is 0 Å². The van der Waals surface area contributed by atoms with Gasteiger partial charge >= 0.3 is 0 Å². The van der Waals surface area contributed by atoms with E-state index in [9.17, 15) is 4.79 Å². The largest absolute Gasteiger partial charge is 0.495 e. The molecule has 1 saturated heterocycles. The highest BCUT2D eigenvalue weighted by Crippen LogP contribution is 2.28. The SMILES string of the molecule is CCC1CCCCN1C(=O)c1cc(Nc2cc(C)ccc2OC)ncn1. The lowest BCUT2D eigenvalue weighted by atomic mass is 9.99. The van der Waals surface area contributed by atoms with E-state index in [4.69, 9.17) is 4.74 Å². The van der Waals surface area contributed by atoms with Crippen molar-refractivity contribution in [2.24, 2.45) is 0 Å². The van der Waals surface area contributed by atoms with Crippen molar-refractivity contribution in [2.45, 2.75) is 45.6 Å². The summed E-state index contributed by atoms with van der Waals surface area (Å²) in [5.74, 6) is 1.29. The molecular formula is C20H26N4O2. The Bertz CT molecular complexity index is 778. The van der Waals surface area contributed by atoms with E-state index in [2.05, 4.69) is 22.2 Å². The van der Waals surface area contributed by atoms with Crippen LogP contribution in [0.15, 0.2) is 30.6 Å². The van der Waals surface area contributed by atoms with Crippen molar-refractivity contribution in [1.29, 1.82) is 0 Å². The van der Waals surface area contributed by atoms with Gasteiger partial charge in [-0.05, 0) is 50.3 Å². The van der Waals surface area contributed by atoms with Gasteiger partial charge in [0.2, 0.25) is 0 Å². The number of hydrogen-bond acceptors (Lipinski definition) is 5. The van der Waals surface area contributed by atoms with Gasteiger partial charge in [0.25, 0.3) is 5.91 Å². The zero-order valence-corrected chi connectivity index (χ0v) is 15.7. The number of piperidine rings is 1. The third-order valence-corrected chi connectivity index (χ3v) is 4.86. The molecule has 2 aromatic rings. The molecule has 0 spiro atoms. The van der Waals surface area contributed by atoms with Crippen molar-refractivity contribution >= 4 is 17.4 Å². The van der Waals surface area contributed by atoms with Crippen LogP contribution < -0.4 is 10.1 Å². The van der Waals surface area contributed by atoms with Gasteiger partial charge in [-0.1, -0.05) is 13.0 Å². The lowest BCUT2D eigenvalue weighted by Gasteiger charge is -2.35. The molecule has 2 heterocycles. The molecule has 0 saturated carbocycles. The average Bonchev–Trinajstić information content (AvgIpc) is 2.68. The van der Waals surface area contributed by atoms with Crippen LogP contribution in [0, 0.1) is 6.92 Å². The Morgan fingerprint density at radius 1 is 1.31 bits per heavy atom. The number of rotatable bonds is 5. The van der Waals surface area contributed by atoms with Crippen LogP contribution in [-0.4, -0.2) is 40.5 Å². The molecule has 0 bridgehead atoms. The second-order valence-electron chi connectivity index (χ2n) is 6.67. The zero-order chi connectivity index (χ0) is 18.5. The van der Waals surface area contributed by atoms with Crippen molar-refractivity contribution in [2.75, 3.05) is 19.0 Å². The Hall–Kier alpha value is -2.63. The van der Waals surface area contributed by atoms with Crippen LogP contribution in [0.25, 0.3) is 0 Å². The smallest absolute Gasteiger partial charge is 0.272 e. The van der Waals surface area contributed by atoms with Gasteiger partial charge in [-0.3, -0.25) is 4.79 Å². The summed E-state index contributed by atoms with van der Waals surface area (Å²) in [5.41, 5.74) is 2.35. The maximum Gasteiger partial charge on any atom is 0.272 e. The molecule has 0 aliphatic carbocycles. The number of hydrogen-bond donors (Lipinski definition) is 1. The number of likely N-dealkylation sites (tertiary alicyclic amines) is 1. The van der Waals surface area contributed by atoms with Crippen LogP contribution in [0.2, 0.25) is 0 Å². The Kier molecular flexibility index (Phi) is 5.71. The average molecular weight is 354 g/mol. The van der Waals surface area contributed by atoms with Gasteiger partial charge in [-0.15, -0.1) is 0 Å². The lowest BCUT2D eigenvalue weighted by Crippen LogP contribution is -2.43. The maximum atomic E-state index is 12.9. The van der Waals surface area contributed by atoms with E-state index in [1.165, 1.54) is 12.7 Å². The summed E-state index contributed by atoms with van der Waals surface area (Å²) in [6.07, 6.45) is 5.72. The van der Waals surface area contributed by atoms with Gasteiger partial charge in [0.15, 0.2) is 0 Å². The van der Waals surface area contributed by atoms with Crippen LogP contribution in [0.3, 0.4) is 0 Å². The highest BCUT2D eigenvalue weighted by molar-refractivity contribution is 5.93. The molecule has 0 radical (unpaired) electrons. The first-order valence-corrected chi connectivity index (χ1v) is 9.17. The summed E-state index contributed by atoms with van der Waals surface area (Å²) in [7, 11) is 1.63. The molecule has 1 unspecified atom stereocenters. The molecule has 6 nitrogen and oxygen atoms in total. The van der Waals surface area contributed by atoms with Crippen molar-refractivity contribution in [3.63, 3.8) is 0 Å². The normalized spacial score (nSPS) is 17.0. The first-order chi connectivity index (χ1) is 12.6. The molecule has 1 aliphatic rings. The highest BCUT2D eigenvalue weighted by atomic mass is 16.5. The van der Waals surface area contributed by atoms with E-state index in [-0.39, 0.29) is 5.91 Å². The standard InChI is InChI=1S/C20H26N4O2/c1-4-15-7-5-6-10-24(15)20(25)17-12-19(22-13-21-17)23-16-11-14(2)8-9-18(16)26-3/h8-9,11-13,15H,4-7,10H2,1-3H3,(H,21,22,23). The Morgan fingerprint density at radius 2 is 2.15 bits per heavy atom. The van der Waals surface area contributed by atoms with Crippen LogP contribution in [0.5, 0.6) is 5.75 Å². The molecule has 6 heteroatoms.